The van der Waals surface area contributed by atoms with E-state index in [0.29, 0.717) is 12.3 Å². The smallest absolute Gasteiger partial charge is 0.230 e. The normalized spacial score (nSPS) is 10.4. The first-order chi connectivity index (χ1) is 10.6. The van der Waals surface area contributed by atoms with E-state index < -0.39 is 0 Å². The molecule has 1 aromatic carbocycles. The molecule has 0 atom stereocenters. The molecule has 0 bridgehead atoms. The zero-order chi connectivity index (χ0) is 15.8. The Labute approximate surface area is 134 Å². The number of anilines is 1. The zero-order valence-electron chi connectivity index (χ0n) is 12.6. The number of hydrogen-bond acceptors (Lipinski definition) is 5. The Bertz CT molecular complexity index is 599. The molecule has 1 heterocycles. The maximum absolute atomic E-state index is 11.8. The largest absolute Gasteiger partial charge is 0.368 e. The van der Waals surface area contributed by atoms with Gasteiger partial charge in [0.05, 0.1) is 5.75 Å². The second-order valence-corrected chi connectivity index (χ2v) is 5.93. The molecule has 2 rings (SSSR count). The van der Waals surface area contributed by atoms with Crippen molar-refractivity contribution < 1.29 is 4.79 Å². The van der Waals surface area contributed by atoms with Crippen LogP contribution in [0.5, 0.6) is 0 Å². The summed E-state index contributed by atoms with van der Waals surface area (Å²) in [5.74, 6) is 0.583. The van der Waals surface area contributed by atoms with Crippen LogP contribution >= 0.6 is 11.8 Å². The van der Waals surface area contributed by atoms with Gasteiger partial charge in [0.2, 0.25) is 11.9 Å². The molecule has 0 fully saturated rings. The lowest BCUT2D eigenvalue weighted by molar-refractivity contribution is -0.118. The maximum atomic E-state index is 11.8. The fourth-order valence-electron chi connectivity index (χ4n) is 1.99. The van der Waals surface area contributed by atoms with Crippen molar-refractivity contribution in [3.8, 4) is 0 Å². The van der Waals surface area contributed by atoms with Crippen molar-refractivity contribution in [3.63, 3.8) is 0 Å². The number of nitrogen functional groups attached to an aromatic ring is 1. The zero-order valence-corrected chi connectivity index (χ0v) is 13.4. The van der Waals surface area contributed by atoms with Crippen molar-refractivity contribution in [2.75, 3.05) is 18.0 Å². The van der Waals surface area contributed by atoms with Gasteiger partial charge in [0.25, 0.3) is 0 Å². The first-order valence-corrected chi connectivity index (χ1v) is 8.16. The Kier molecular flexibility index (Phi) is 6.21. The van der Waals surface area contributed by atoms with E-state index in [2.05, 4.69) is 27.4 Å². The van der Waals surface area contributed by atoms with Crippen molar-refractivity contribution in [1.82, 2.24) is 15.3 Å². The summed E-state index contributed by atoms with van der Waals surface area (Å²) in [4.78, 5) is 19.9. The van der Waals surface area contributed by atoms with Crippen molar-refractivity contribution in [1.29, 1.82) is 0 Å². The third kappa shape index (κ3) is 5.73. The van der Waals surface area contributed by atoms with Crippen LogP contribution in [0.15, 0.2) is 41.4 Å². The van der Waals surface area contributed by atoms with Crippen LogP contribution in [0.3, 0.4) is 0 Å². The highest BCUT2D eigenvalue weighted by Gasteiger charge is 2.05. The Morgan fingerprint density at radius 3 is 2.77 bits per heavy atom. The van der Waals surface area contributed by atoms with E-state index in [1.165, 1.54) is 17.3 Å². The summed E-state index contributed by atoms with van der Waals surface area (Å²) in [5.41, 5.74) is 7.68. The minimum Gasteiger partial charge on any atom is -0.368 e. The molecule has 2 aromatic rings. The number of aryl methyl sites for hydroxylation is 2. The number of aromatic nitrogens is 2. The number of nitrogens with two attached hydrogens (primary N) is 1. The summed E-state index contributed by atoms with van der Waals surface area (Å²) in [7, 11) is 0. The molecule has 5 nitrogen and oxygen atoms in total. The van der Waals surface area contributed by atoms with Gasteiger partial charge in [-0.05, 0) is 31.4 Å². The first-order valence-electron chi connectivity index (χ1n) is 7.18. The molecule has 6 heteroatoms. The van der Waals surface area contributed by atoms with Gasteiger partial charge in [-0.15, -0.1) is 0 Å². The number of thioether (sulfide) groups is 1. The first kappa shape index (κ1) is 16.3. The lowest BCUT2D eigenvalue weighted by Crippen LogP contribution is -2.26. The summed E-state index contributed by atoms with van der Waals surface area (Å²) < 4.78 is 0. The molecule has 0 aliphatic carbocycles. The number of benzene rings is 1. The van der Waals surface area contributed by atoms with E-state index in [9.17, 15) is 4.79 Å². The molecule has 22 heavy (non-hydrogen) atoms. The van der Waals surface area contributed by atoms with Crippen molar-refractivity contribution in [3.05, 3.63) is 47.7 Å². The fraction of sp³-hybridized carbons (Fsp3) is 0.312. The Balaban J connectivity index is 1.65. The van der Waals surface area contributed by atoms with Crippen LogP contribution in [-0.4, -0.2) is 28.2 Å². The third-order valence-electron chi connectivity index (χ3n) is 3.01. The number of nitrogens with zero attached hydrogens (tertiary/aromatic N) is 2. The molecule has 0 spiro atoms. The Hall–Kier alpha value is -2.08. The molecule has 0 unspecified atom stereocenters. The fourth-order valence-corrected chi connectivity index (χ4v) is 2.78. The van der Waals surface area contributed by atoms with Gasteiger partial charge < -0.3 is 11.1 Å². The lowest BCUT2D eigenvalue weighted by Gasteiger charge is -2.06. The minimum atomic E-state index is 0.00731. The third-order valence-corrected chi connectivity index (χ3v) is 3.92. The molecule has 0 aliphatic heterocycles. The Morgan fingerprint density at radius 1 is 1.27 bits per heavy atom. The van der Waals surface area contributed by atoms with Crippen molar-refractivity contribution in [2.45, 2.75) is 24.8 Å². The van der Waals surface area contributed by atoms with E-state index in [1.807, 2.05) is 31.2 Å². The summed E-state index contributed by atoms with van der Waals surface area (Å²) in [6.07, 6.45) is 1.90. The predicted octanol–water partition coefficient (Wildman–Crippen LogP) is 2.21. The average molecular weight is 316 g/mol. The number of carbonyl (C=O) groups is 1. The van der Waals surface area contributed by atoms with E-state index in [4.69, 9.17) is 5.73 Å². The molecule has 1 amide bonds. The van der Waals surface area contributed by atoms with E-state index in [1.54, 1.807) is 0 Å². The topological polar surface area (TPSA) is 80.9 Å². The van der Waals surface area contributed by atoms with Crippen LogP contribution < -0.4 is 11.1 Å². The average Bonchev–Trinajstić information content (AvgIpc) is 2.50. The van der Waals surface area contributed by atoms with Crippen molar-refractivity contribution >= 4 is 23.6 Å². The Morgan fingerprint density at radius 2 is 2.05 bits per heavy atom. The summed E-state index contributed by atoms with van der Waals surface area (Å²) in [5, 5.41) is 3.64. The standard InChI is InChI=1S/C16H20N4OS/c1-12-10-15(20-16(17)19-12)22-11-14(21)18-9-5-8-13-6-3-2-4-7-13/h2-4,6-7,10H,5,8-9,11H2,1H3,(H,18,21)(H2,17,19,20). The second kappa shape index (κ2) is 8.38. The SMILES string of the molecule is Cc1cc(SCC(=O)NCCCc2ccccc2)nc(N)n1. The monoisotopic (exact) mass is 316 g/mol. The van der Waals surface area contributed by atoms with Crippen molar-refractivity contribution in [2.24, 2.45) is 0 Å². The lowest BCUT2D eigenvalue weighted by atomic mass is 10.1. The van der Waals surface area contributed by atoms with Gasteiger partial charge in [0.1, 0.15) is 5.03 Å². The van der Waals surface area contributed by atoms with E-state index in [0.717, 1.165) is 23.6 Å². The number of nitrogens with one attached hydrogen (secondary N) is 1. The van der Waals surface area contributed by atoms with Gasteiger partial charge in [-0.1, -0.05) is 42.1 Å². The highest BCUT2D eigenvalue weighted by molar-refractivity contribution is 7.99. The van der Waals surface area contributed by atoms with Gasteiger partial charge in [-0.2, -0.15) is 0 Å². The number of hydrogen-bond donors (Lipinski definition) is 2. The van der Waals surface area contributed by atoms with Crippen LogP contribution in [0.1, 0.15) is 17.7 Å². The minimum absolute atomic E-state index is 0.00731. The molecular formula is C16H20N4OS. The summed E-state index contributed by atoms with van der Waals surface area (Å²) in [6.45, 7) is 2.53. The van der Waals surface area contributed by atoms with Gasteiger partial charge >= 0.3 is 0 Å². The molecule has 0 saturated carbocycles. The van der Waals surface area contributed by atoms with Crippen LogP contribution in [0.4, 0.5) is 5.95 Å². The molecule has 3 N–H and O–H groups in total. The summed E-state index contributed by atoms with van der Waals surface area (Å²) >= 11 is 1.37. The highest BCUT2D eigenvalue weighted by Crippen LogP contribution is 2.16. The molecule has 116 valence electrons. The number of amides is 1. The predicted molar refractivity (Wildman–Crippen MR) is 89.7 cm³/mol. The number of carbonyl (C=O) groups excluding carboxylic acids is 1. The van der Waals surface area contributed by atoms with Gasteiger partial charge in [0, 0.05) is 12.2 Å². The van der Waals surface area contributed by atoms with Crippen LogP contribution in [0.2, 0.25) is 0 Å². The summed E-state index contributed by atoms with van der Waals surface area (Å²) in [6, 6.07) is 12.1. The molecule has 0 saturated heterocycles. The quantitative estimate of drug-likeness (QED) is 0.465. The van der Waals surface area contributed by atoms with Gasteiger partial charge in [-0.25, -0.2) is 9.97 Å². The van der Waals surface area contributed by atoms with E-state index in [-0.39, 0.29) is 11.9 Å². The van der Waals surface area contributed by atoms with Crippen LogP contribution in [0, 0.1) is 6.92 Å². The second-order valence-electron chi connectivity index (χ2n) is 4.93. The molecule has 0 radical (unpaired) electrons. The van der Waals surface area contributed by atoms with Gasteiger partial charge in [0.15, 0.2) is 0 Å². The maximum Gasteiger partial charge on any atom is 0.230 e. The van der Waals surface area contributed by atoms with Crippen LogP contribution in [0.25, 0.3) is 0 Å². The number of rotatable bonds is 7. The van der Waals surface area contributed by atoms with E-state index >= 15 is 0 Å². The van der Waals surface area contributed by atoms with Crippen LogP contribution in [-0.2, 0) is 11.2 Å². The molecule has 1 aromatic heterocycles. The molecule has 0 aliphatic rings. The van der Waals surface area contributed by atoms with Gasteiger partial charge in [-0.3, -0.25) is 4.79 Å². The highest BCUT2D eigenvalue weighted by atomic mass is 32.2. The molecular weight excluding hydrogens is 296 g/mol.